The van der Waals surface area contributed by atoms with Crippen molar-refractivity contribution in [3.63, 3.8) is 0 Å². The number of hydrogen-bond acceptors (Lipinski definition) is 3. The molecule has 0 bridgehead atoms. The van der Waals surface area contributed by atoms with Crippen LogP contribution in [0.4, 0.5) is 11.4 Å². The summed E-state index contributed by atoms with van der Waals surface area (Å²) in [6.45, 7) is 0. The fourth-order valence-electron chi connectivity index (χ4n) is 3.13. The maximum Gasteiger partial charge on any atom is 0.328 e. The second kappa shape index (κ2) is 9.78. The number of nitrogens with one attached hydrogen (secondary N) is 3. The smallest absolute Gasteiger partial charge is 0.319 e. The van der Waals surface area contributed by atoms with Crippen molar-refractivity contribution in [3.05, 3.63) is 92.5 Å². The summed E-state index contributed by atoms with van der Waals surface area (Å²) in [6, 6.07) is 20.5. The molecule has 0 saturated carbocycles. The van der Waals surface area contributed by atoms with Crippen molar-refractivity contribution in [1.82, 2.24) is 4.68 Å². The zero-order chi connectivity index (χ0) is 23.5. The van der Waals surface area contributed by atoms with E-state index in [0.29, 0.717) is 27.3 Å². The first-order valence-electron chi connectivity index (χ1n) is 9.56. The Morgan fingerprint density at radius 2 is 1.55 bits per heavy atom. The SMILES string of the molecule is O=C(Nc1cccc(Br)c1)C(=O)Nn1c(C(=O)Nc2ccccc2Cl)cc2cc(Br)ccc21. The van der Waals surface area contributed by atoms with E-state index in [2.05, 4.69) is 47.9 Å². The van der Waals surface area contributed by atoms with Crippen LogP contribution >= 0.6 is 43.5 Å². The fourth-order valence-corrected chi connectivity index (χ4v) is 4.09. The molecule has 0 saturated heterocycles. The Kier molecular flexibility index (Phi) is 6.83. The van der Waals surface area contributed by atoms with Crippen LogP contribution in [-0.4, -0.2) is 22.4 Å². The van der Waals surface area contributed by atoms with Crippen molar-refractivity contribution >= 4 is 83.5 Å². The number of benzene rings is 3. The molecule has 10 heteroatoms. The molecule has 0 spiro atoms. The highest BCUT2D eigenvalue weighted by atomic mass is 79.9. The molecular weight excluding hydrogens is 576 g/mol. The van der Waals surface area contributed by atoms with Crippen molar-refractivity contribution in [2.24, 2.45) is 0 Å². The Labute approximate surface area is 210 Å². The minimum absolute atomic E-state index is 0.117. The number of fused-ring (bicyclic) bond motifs is 1. The summed E-state index contributed by atoms with van der Waals surface area (Å²) < 4.78 is 2.82. The topological polar surface area (TPSA) is 92.2 Å². The lowest BCUT2D eigenvalue weighted by molar-refractivity contribution is -0.133. The quantitative estimate of drug-likeness (QED) is 0.263. The van der Waals surface area contributed by atoms with E-state index in [4.69, 9.17) is 11.6 Å². The maximum absolute atomic E-state index is 13.1. The molecule has 0 aliphatic carbocycles. The van der Waals surface area contributed by atoms with Gasteiger partial charge in [-0.15, -0.1) is 0 Å². The third-order valence-electron chi connectivity index (χ3n) is 4.62. The summed E-state index contributed by atoms with van der Waals surface area (Å²) in [5, 5.41) is 6.31. The van der Waals surface area contributed by atoms with Gasteiger partial charge in [0.1, 0.15) is 5.69 Å². The van der Waals surface area contributed by atoms with Gasteiger partial charge in [0.2, 0.25) is 0 Å². The lowest BCUT2D eigenvalue weighted by Gasteiger charge is -2.13. The summed E-state index contributed by atoms with van der Waals surface area (Å²) >= 11 is 12.9. The van der Waals surface area contributed by atoms with E-state index in [0.717, 1.165) is 8.95 Å². The number of halogens is 3. The van der Waals surface area contributed by atoms with Gasteiger partial charge < -0.3 is 10.6 Å². The Morgan fingerprint density at radius 1 is 0.788 bits per heavy atom. The van der Waals surface area contributed by atoms with Gasteiger partial charge in [0, 0.05) is 20.0 Å². The highest BCUT2D eigenvalue weighted by Gasteiger charge is 2.21. The van der Waals surface area contributed by atoms with Crippen molar-refractivity contribution < 1.29 is 14.4 Å². The maximum atomic E-state index is 13.1. The number of amides is 3. The zero-order valence-corrected chi connectivity index (χ0v) is 20.7. The molecule has 4 aromatic rings. The standard InChI is InChI=1S/C23H15Br2ClN4O3/c24-14-4-3-5-16(12-14)27-22(32)23(33)29-30-19-9-8-15(25)10-13(19)11-20(30)21(31)28-18-7-2-1-6-17(18)26/h1-12H,(H,27,32)(H,28,31)(H,29,33). The summed E-state index contributed by atoms with van der Waals surface area (Å²) in [6.07, 6.45) is 0. The Hall–Kier alpha value is -3.14. The van der Waals surface area contributed by atoms with Gasteiger partial charge in [-0.05, 0) is 54.6 Å². The van der Waals surface area contributed by atoms with Gasteiger partial charge in [0.25, 0.3) is 5.91 Å². The van der Waals surface area contributed by atoms with Crippen molar-refractivity contribution in [2.45, 2.75) is 0 Å². The molecule has 0 unspecified atom stereocenters. The van der Waals surface area contributed by atoms with Crippen molar-refractivity contribution in [3.8, 4) is 0 Å². The largest absolute Gasteiger partial charge is 0.328 e. The van der Waals surface area contributed by atoms with E-state index >= 15 is 0 Å². The molecule has 3 amide bonds. The lowest BCUT2D eigenvalue weighted by Crippen LogP contribution is -2.36. The van der Waals surface area contributed by atoms with Crippen LogP contribution in [0.1, 0.15) is 10.5 Å². The number of rotatable bonds is 4. The molecular formula is C23H15Br2ClN4O3. The van der Waals surface area contributed by atoms with Gasteiger partial charge in [-0.25, -0.2) is 4.68 Å². The van der Waals surface area contributed by atoms with Gasteiger partial charge in [-0.2, -0.15) is 0 Å². The molecule has 0 atom stereocenters. The summed E-state index contributed by atoms with van der Waals surface area (Å²) in [4.78, 5) is 38.2. The van der Waals surface area contributed by atoms with Crippen molar-refractivity contribution in [1.29, 1.82) is 0 Å². The number of aromatic nitrogens is 1. The van der Waals surface area contributed by atoms with Crippen LogP contribution in [0.5, 0.6) is 0 Å². The number of carbonyl (C=O) groups excluding carboxylic acids is 3. The highest BCUT2D eigenvalue weighted by Crippen LogP contribution is 2.25. The highest BCUT2D eigenvalue weighted by molar-refractivity contribution is 9.10. The molecule has 4 rings (SSSR count). The molecule has 1 heterocycles. The summed E-state index contributed by atoms with van der Waals surface area (Å²) in [5.74, 6) is -2.34. The molecule has 166 valence electrons. The number of anilines is 2. The molecule has 0 radical (unpaired) electrons. The van der Waals surface area contributed by atoms with Crippen LogP contribution in [0.3, 0.4) is 0 Å². The van der Waals surface area contributed by atoms with E-state index in [-0.39, 0.29) is 5.69 Å². The van der Waals surface area contributed by atoms with Crippen LogP contribution in [0.2, 0.25) is 5.02 Å². The summed E-state index contributed by atoms with van der Waals surface area (Å²) in [7, 11) is 0. The van der Waals surface area contributed by atoms with Gasteiger partial charge in [-0.1, -0.05) is 61.7 Å². The molecule has 33 heavy (non-hydrogen) atoms. The average molecular weight is 591 g/mol. The third-order valence-corrected chi connectivity index (χ3v) is 5.94. The van der Waals surface area contributed by atoms with Crippen molar-refractivity contribution in [2.75, 3.05) is 16.1 Å². The van der Waals surface area contributed by atoms with Crippen LogP contribution in [0.25, 0.3) is 10.9 Å². The number of nitrogens with zero attached hydrogens (tertiary/aromatic N) is 1. The van der Waals surface area contributed by atoms with Gasteiger partial charge in [0.15, 0.2) is 0 Å². The normalized spacial score (nSPS) is 10.6. The third kappa shape index (κ3) is 5.27. The van der Waals surface area contributed by atoms with Crippen LogP contribution in [0.15, 0.2) is 81.7 Å². The second-order valence-corrected chi connectivity index (χ2v) is 9.15. The van der Waals surface area contributed by atoms with E-state index in [1.807, 2.05) is 0 Å². The molecule has 0 aliphatic heterocycles. The molecule has 0 fully saturated rings. The lowest BCUT2D eigenvalue weighted by atomic mass is 10.2. The Bertz CT molecular complexity index is 1400. The van der Waals surface area contributed by atoms with Crippen LogP contribution in [-0.2, 0) is 9.59 Å². The van der Waals surface area contributed by atoms with Crippen LogP contribution < -0.4 is 16.1 Å². The van der Waals surface area contributed by atoms with E-state index in [9.17, 15) is 14.4 Å². The zero-order valence-electron chi connectivity index (χ0n) is 16.7. The number of hydrogen-bond donors (Lipinski definition) is 3. The van der Waals surface area contributed by atoms with Gasteiger partial charge >= 0.3 is 11.8 Å². The monoisotopic (exact) mass is 588 g/mol. The fraction of sp³-hybridized carbons (Fsp3) is 0. The first-order valence-corrected chi connectivity index (χ1v) is 11.5. The average Bonchev–Trinajstić information content (AvgIpc) is 3.12. The van der Waals surface area contributed by atoms with E-state index in [1.165, 1.54) is 4.68 Å². The first kappa shape index (κ1) is 23.0. The molecule has 3 aromatic carbocycles. The molecule has 1 aromatic heterocycles. The number of carbonyl (C=O) groups is 3. The van der Waals surface area contributed by atoms with Gasteiger partial charge in [0.05, 0.1) is 16.2 Å². The first-order chi connectivity index (χ1) is 15.8. The minimum Gasteiger partial charge on any atom is -0.319 e. The molecule has 7 nitrogen and oxygen atoms in total. The van der Waals surface area contributed by atoms with E-state index in [1.54, 1.807) is 72.8 Å². The second-order valence-electron chi connectivity index (χ2n) is 6.91. The van der Waals surface area contributed by atoms with Gasteiger partial charge in [-0.3, -0.25) is 19.8 Å². The Balaban J connectivity index is 1.64. The predicted molar refractivity (Wildman–Crippen MR) is 136 cm³/mol. The predicted octanol–water partition coefficient (Wildman–Crippen LogP) is 5.78. The molecule has 3 N–H and O–H groups in total. The number of para-hydroxylation sites is 1. The minimum atomic E-state index is -0.942. The Morgan fingerprint density at radius 3 is 2.30 bits per heavy atom. The van der Waals surface area contributed by atoms with Crippen LogP contribution in [0, 0.1) is 0 Å². The van der Waals surface area contributed by atoms with E-state index < -0.39 is 17.7 Å². The summed E-state index contributed by atoms with van der Waals surface area (Å²) in [5.41, 5.74) is 4.03. The molecule has 0 aliphatic rings.